The molecule has 2 rings (SSSR count). The summed E-state index contributed by atoms with van der Waals surface area (Å²) in [5.74, 6) is -1.38. The van der Waals surface area contributed by atoms with E-state index in [9.17, 15) is 19.2 Å². The minimum absolute atomic E-state index is 0.00393. The third-order valence-electron chi connectivity index (χ3n) is 4.58. The summed E-state index contributed by atoms with van der Waals surface area (Å²) in [6.07, 6.45) is 1.61. The molecule has 2 fully saturated rings. The van der Waals surface area contributed by atoms with E-state index in [0.717, 1.165) is 6.42 Å². The summed E-state index contributed by atoms with van der Waals surface area (Å²) in [7, 11) is 0. The first-order chi connectivity index (χ1) is 10.3. The van der Waals surface area contributed by atoms with Gasteiger partial charge < -0.3 is 21.3 Å². The van der Waals surface area contributed by atoms with Gasteiger partial charge >= 0.3 is 0 Å². The molecule has 4 amide bonds. The molecule has 122 valence electrons. The molecular weight excluding hydrogens is 288 g/mol. The van der Waals surface area contributed by atoms with Crippen LogP contribution in [0.2, 0.25) is 0 Å². The standard InChI is InChI=1S/C14H22N4O4/c1-9(19)17-6-2-5-14(7-17)8-18(13(14)22)10(12(16)21)3-4-11(15)20/h10H,2-8H2,1H3,(H2,15,20)(H2,16,21). The lowest BCUT2D eigenvalue weighted by Gasteiger charge is -2.54. The topological polar surface area (TPSA) is 127 Å². The van der Waals surface area contributed by atoms with Gasteiger partial charge in [-0.15, -0.1) is 0 Å². The van der Waals surface area contributed by atoms with Crippen LogP contribution in [0.5, 0.6) is 0 Å². The Bertz CT molecular complexity index is 521. The molecule has 8 nitrogen and oxygen atoms in total. The average Bonchev–Trinajstić information content (AvgIpc) is 2.45. The number of likely N-dealkylation sites (tertiary alicyclic amines) is 2. The van der Waals surface area contributed by atoms with E-state index in [1.165, 1.54) is 11.8 Å². The summed E-state index contributed by atoms with van der Waals surface area (Å²) in [4.78, 5) is 49.6. The number of hydrogen-bond acceptors (Lipinski definition) is 4. The van der Waals surface area contributed by atoms with E-state index in [0.29, 0.717) is 26.1 Å². The van der Waals surface area contributed by atoms with Gasteiger partial charge in [-0.3, -0.25) is 19.2 Å². The Morgan fingerprint density at radius 3 is 2.45 bits per heavy atom. The Kier molecular flexibility index (Phi) is 4.39. The molecule has 0 aromatic rings. The van der Waals surface area contributed by atoms with Crippen LogP contribution >= 0.6 is 0 Å². The zero-order chi connectivity index (χ0) is 16.5. The molecule has 4 N–H and O–H groups in total. The van der Waals surface area contributed by atoms with Crippen molar-refractivity contribution < 1.29 is 19.2 Å². The van der Waals surface area contributed by atoms with E-state index in [1.54, 1.807) is 4.90 Å². The van der Waals surface area contributed by atoms with E-state index < -0.39 is 23.3 Å². The lowest BCUT2D eigenvalue weighted by molar-refractivity contribution is -0.174. The van der Waals surface area contributed by atoms with Gasteiger partial charge in [0.1, 0.15) is 6.04 Å². The SMILES string of the molecule is CC(=O)N1CCCC2(C1)CN(C(CCC(N)=O)C(N)=O)C2=O. The molecule has 2 aliphatic heterocycles. The first-order valence-electron chi connectivity index (χ1n) is 7.41. The highest BCUT2D eigenvalue weighted by molar-refractivity contribution is 5.95. The number of nitrogens with zero attached hydrogens (tertiary/aromatic N) is 2. The number of primary amides is 2. The van der Waals surface area contributed by atoms with Crippen LogP contribution < -0.4 is 11.5 Å². The fourth-order valence-corrected chi connectivity index (χ4v) is 3.37. The number of nitrogens with two attached hydrogens (primary N) is 2. The number of carbonyl (C=O) groups excluding carboxylic acids is 4. The highest BCUT2D eigenvalue weighted by Gasteiger charge is 2.56. The number of rotatable bonds is 5. The predicted molar refractivity (Wildman–Crippen MR) is 77.0 cm³/mol. The summed E-state index contributed by atoms with van der Waals surface area (Å²) in [5, 5.41) is 0. The zero-order valence-corrected chi connectivity index (χ0v) is 12.7. The quantitative estimate of drug-likeness (QED) is 0.604. The third kappa shape index (κ3) is 2.90. The lowest BCUT2D eigenvalue weighted by Crippen LogP contribution is -2.71. The molecule has 2 unspecified atom stereocenters. The van der Waals surface area contributed by atoms with E-state index >= 15 is 0 Å². The average molecular weight is 310 g/mol. The van der Waals surface area contributed by atoms with Crippen LogP contribution in [0.3, 0.4) is 0 Å². The van der Waals surface area contributed by atoms with Crippen LogP contribution in [0.1, 0.15) is 32.6 Å². The minimum atomic E-state index is -0.807. The molecule has 2 aliphatic rings. The van der Waals surface area contributed by atoms with Crippen molar-refractivity contribution in [3.05, 3.63) is 0 Å². The van der Waals surface area contributed by atoms with Gasteiger partial charge in [-0.2, -0.15) is 0 Å². The molecule has 8 heteroatoms. The van der Waals surface area contributed by atoms with Crippen molar-refractivity contribution in [3.63, 3.8) is 0 Å². The van der Waals surface area contributed by atoms with Crippen LogP contribution in [-0.2, 0) is 19.2 Å². The highest BCUT2D eigenvalue weighted by atomic mass is 16.2. The van der Waals surface area contributed by atoms with Crippen molar-refractivity contribution in [2.24, 2.45) is 16.9 Å². The highest BCUT2D eigenvalue weighted by Crippen LogP contribution is 2.41. The normalized spacial score (nSPS) is 25.8. The molecule has 2 heterocycles. The van der Waals surface area contributed by atoms with Gasteiger partial charge in [0.25, 0.3) is 0 Å². The predicted octanol–water partition coefficient (Wildman–Crippen LogP) is -1.42. The maximum absolute atomic E-state index is 12.6. The lowest BCUT2D eigenvalue weighted by atomic mass is 9.71. The zero-order valence-electron chi connectivity index (χ0n) is 12.7. The van der Waals surface area contributed by atoms with Gasteiger partial charge in [0.15, 0.2) is 0 Å². The van der Waals surface area contributed by atoms with Gasteiger partial charge in [0.05, 0.1) is 5.41 Å². The molecule has 2 saturated heterocycles. The summed E-state index contributed by atoms with van der Waals surface area (Å²) < 4.78 is 0. The second kappa shape index (κ2) is 5.94. The molecule has 0 saturated carbocycles. The summed E-state index contributed by atoms with van der Waals surface area (Å²) in [6.45, 7) is 2.92. The second-order valence-electron chi connectivity index (χ2n) is 6.18. The van der Waals surface area contributed by atoms with Gasteiger partial charge in [-0.05, 0) is 19.3 Å². The molecule has 0 bridgehead atoms. The second-order valence-corrected chi connectivity index (χ2v) is 6.18. The number of hydrogen-bond donors (Lipinski definition) is 2. The Labute approximate surface area is 128 Å². The third-order valence-corrected chi connectivity index (χ3v) is 4.58. The number of β-lactam (4-membered cyclic amide) rings is 1. The Balaban J connectivity index is 2.04. The van der Waals surface area contributed by atoms with Crippen molar-refractivity contribution in [2.45, 2.75) is 38.6 Å². The fraction of sp³-hybridized carbons (Fsp3) is 0.714. The molecule has 0 radical (unpaired) electrons. The van der Waals surface area contributed by atoms with Gasteiger partial charge in [0, 0.05) is 33.0 Å². The monoisotopic (exact) mass is 310 g/mol. The number of amides is 4. The Hall–Kier alpha value is -2.12. The van der Waals surface area contributed by atoms with Crippen molar-refractivity contribution in [1.29, 1.82) is 0 Å². The smallest absolute Gasteiger partial charge is 0.240 e. The van der Waals surface area contributed by atoms with E-state index in [2.05, 4.69) is 0 Å². The van der Waals surface area contributed by atoms with Gasteiger partial charge in [-0.25, -0.2) is 0 Å². The molecular formula is C14H22N4O4. The van der Waals surface area contributed by atoms with Crippen molar-refractivity contribution in [2.75, 3.05) is 19.6 Å². The van der Waals surface area contributed by atoms with Crippen molar-refractivity contribution >= 4 is 23.6 Å². The van der Waals surface area contributed by atoms with Crippen molar-refractivity contribution in [1.82, 2.24) is 9.80 Å². The van der Waals surface area contributed by atoms with Crippen molar-refractivity contribution in [3.8, 4) is 0 Å². The Morgan fingerprint density at radius 1 is 1.27 bits per heavy atom. The molecule has 0 aliphatic carbocycles. The van der Waals surface area contributed by atoms with Crippen LogP contribution in [0, 0.1) is 5.41 Å². The summed E-state index contributed by atoms with van der Waals surface area (Å²) in [6, 6.07) is -0.807. The van der Waals surface area contributed by atoms with E-state index in [-0.39, 0.29) is 24.7 Å². The number of piperidine rings is 1. The maximum atomic E-state index is 12.6. The minimum Gasteiger partial charge on any atom is -0.370 e. The summed E-state index contributed by atoms with van der Waals surface area (Å²) >= 11 is 0. The molecule has 22 heavy (non-hydrogen) atoms. The summed E-state index contributed by atoms with van der Waals surface area (Å²) in [5.41, 5.74) is 9.83. The first-order valence-corrected chi connectivity index (χ1v) is 7.41. The van der Waals surface area contributed by atoms with Crippen LogP contribution in [-0.4, -0.2) is 59.1 Å². The van der Waals surface area contributed by atoms with Gasteiger partial charge in [0.2, 0.25) is 23.6 Å². The molecule has 1 spiro atoms. The van der Waals surface area contributed by atoms with Crippen LogP contribution in [0.15, 0.2) is 0 Å². The molecule has 0 aromatic heterocycles. The van der Waals surface area contributed by atoms with Crippen LogP contribution in [0.25, 0.3) is 0 Å². The van der Waals surface area contributed by atoms with E-state index in [1.807, 2.05) is 0 Å². The molecule has 0 aromatic carbocycles. The Morgan fingerprint density at radius 2 is 1.95 bits per heavy atom. The number of carbonyl (C=O) groups is 4. The van der Waals surface area contributed by atoms with E-state index in [4.69, 9.17) is 11.5 Å². The maximum Gasteiger partial charge on any atom is 0.240 e. The fourth-order valence-electron chi connectivity index (χ4n) is 3.37. The van der Waals surface area contributed by atoms with Gasteiger partial charge in [-0.1, -0.05) is 0 Å². The van der Waals surface area contributed by atoms with Crippen LogP contribution in [0.4, 0.5) is 0 Å². The largest absolute Gasteiger partial charge is 0.370 e. The first kappa shape index (κ1) is 16.3. The molecule has 2 atom stereocenters.